The molecule has 1 aliphatic heterocycles. The van der Waals surface area contributed by atoms with Gasteiger partial charge in [0, 0.05) is 7.05 Å². The molecule has 2 rings (SSSR count). The molecule has 0 unspecified atom stereocenters. The summed E-state index contributed by atoms with van der Waals surface area (Å²) < 4.78 is 5.32. The zero-order valence-corrected chi connectivity index (χ0v) is 7.80. The highest BCUT2D eigenvalue weighted by Crippen LogP contribution is 2.31. The van der Waals surface area contributed by atoms with Crippen LogP contribution in [0.5, 0.6) is 5.75 Å². The number of benzene rings is 1. The predicted octanol–water partition coefficient (Wildman–Crippen LogP) is 0.968. The first-order valence-electron chi connectivity index (χ1n) is 4.38. The molecule has 0 radical (unpaired) electrons. The number of carboxylic acid groups (broad SMARTS) is 1. The van der Waals surface area contributed by atoms with Crippen molar-refractivity contribution in [2.75, 3.05) is 18.5 Å². The summed E-state index contributed by atoms with van der Waals surface area (Å²) in [5, 5.41) is 8.83. The second kappa shape index (κ2) is 3.21. The molecule has 1 aromatic carbocycles. The van der Waals surface area contributed by atoms with Gasteiger partial charge in [-0.05, 0) is 12.1 Å². The average molecular weight is 193 g/mol. The SMILES string of the molecule is CN1C[C@@H](C(=O)O)Oc2ccccc21. The number of carboxylic acids is 1. The van der Waals surface area contributed by atoms with E-state index in [0.717, 1.165) is 5.69 Å². The maximum atomic E-state index is 10.8. The Morgan fingerprint density at radius 3 is 3.00 bits per heavy atom. The molecule has 0 spiro atoms. The number of para-hydroxylation sites is 2. The molecule has 0 bridgehead atoms. The van der Waals surface area contributed by atoms with Gasteiger partial charge in [0.25, 0.3) is 0 Å². The van der Waals surface area contributed by atoms with E-state index in [4.69, 9.17) is 9.84 Å². The van der Waals surface area contributed by atoms with E-state index in [2.05, 4.69) is 0 Å². The normalized spacial score (nSPS) is 19.8. The van der Waals surface area contributed by atoms with Crippen molar-refractivity contribution in [3.05, 3.63) is 24.3 Å². The maximum Gasteiger partial charge on any atom is 0.346 e. The van der Waals surface area contributed by atoms with E-state index >= 15 is 0 Å². The lowest BCUT2D eigenvalue weighted by Gasteiger charge is -2.31. The largest absolute Gasteiger partial charge is 0.478 e. The zero-order valence-electron chi connectivity index (χ0n) is 7.80. The summed E-state index contributed by atoms with van der Waals surface area (Å²) in [4.78, 5) is 12.6. The zero-order chi connectivity index (χ0) is 10.1. The molecule has 1 heterocycles. The Balaban J connectivity index is 2.33. The molecule has 0 saturated heterocycles. The third-order valence-corrected chi connectivity index (χ3v) is 2.26. The van der Waals surface area contributed by atoms with E-state index in [1.165, 1.54) is 0 Å². The number of hydrogen-bond acceptors (Lipinski definition) is 3. The molecule has 1 atom stereocenters. The van der Waals surface area contributed by atoms with Crippen molar-refractivity contribution in [3.63, 3.8) is 0 Å². The van der Waals surface area contributed by atoms with Crippen LogP contribution in [0, 0.1) is 0 Å². The number of aliphatic carboxylic acids is 1. The van der Waals surface area contributed by atoms with Gasteiger partial charge < -0.3 is 14.7 Å². The standard InChI is InChI=1S/C10H11NO3/c1-11-6-9(10(12)13)14-8-5-3-2-4-7(8)11/h2-5,9H,6H2,1H3,(H,12,13)/t9-/m0/s1. The number of ether oxygens (including phenoxy) is 1. The van der Waals surface area contributed by atoms with Crippen LogP contribution in [0.4, 0.5) is 5.69 Å². The fourth-order valence-electron chi connectivity index (χ4n) is 1.54. The van der Waals surface area contributed by atoms with E-state index in [1.807, 2.05) is 30.1 Å². The van der Waals surface area contributed by atoms with Crippen molar-refractivity contribution in [3.8, 4) is 5.75 Å². The Labute approximate surface area is 81.7 Å². The molecule has 1 N–H and O–H groups in total. The van der Waals surface area contributed by atoms with E-state index in [1.54, 1.807) is 6.07 Å². The van der Waals surface area contributed by atoms with Gasteiger partial charge in [-0.1, -0.05) is 12.1 Å². The summed E-state index contributed by atoms with van der Waals surface area (Å²) in [7, 11) is 1.86. The Morgan fingerprint density at radius 1 is 1.57 bits per heavy atom. The highest BCUT2D eigenvalue weighted by molar-refractivity contribution is 5.76. The van der Waals surface area contributed by atoms with Crippen molar-refractivity contribution in [1.29, 1.82) is 0 Å². The number of rotatable bonds is 1. The lowest BCUT2D eigenvalue weighted by molar-refractivity contribution is -0.144. The van der Waals surface area contributed by atoms with Crippen molar-refractivity contribution < 1.29 is 14.6 Å². The smallest absolute Gasteiger partial charge is 0.346 e. The summed E-state index contributed by atoms with van der Waals surface area (Å²) in [5.41, 5.74) is 0.935. The van der Waals surface area contributed by atoms with E-state index in [0.29, 0.717) is 12.3 Å². The monoisotopic (exact) mass is 193 g/mol. The third-order valence-electron chi connectivity index (χ3n) is 2.26. The number of fused-ring (bicyclic) bond motifs is 1. The van der Waals surface area contributed by atoms with Crippen LogP contribution in [0.15, 0.2) is 24.3 Å². The summed E-state index contributed by atoms with van der Waals surface area (Å²) in [6.07, 6.45) is -0.769. The van der Waals surface area contributed by atoms with Crippen LogP contribution in [0.2, 0.25) is 0 Å². The summed E-state index contributed by atoms with van der Waals surface area (Å²) in [6, 6.07) is 7.42. The summed E-state index contributed by atoms with van der Waals surface area (Å²) in [6.45, 7) is 0.381. The summed E-state index contributed by atoms with van der Waals surface area (Å²) >= 11 is 0. The first-order valence-corrected chi connectivity index (χ1v) is 4.38. The predicted molar refractivity (Wildman–Crippen MR) is 51.8 cm³/mol. The second-order valence-corrected chi connectivity index (χ2v) is 3.29. The second-order valence-electron chi connectivity index (χ2n) is 3.29. The molecular weight excluding hydrogens is 182 g/mol. The Bertz CT molecular complexity index is 364. The fraction of sp³-hybridized carbons (Fsp3) is 0.300. The average Bonchev–Trinajstić information content (AvgIpc) is 2.17. The van der Waals surface area contributed by atoms with Crippen molar-refractivity contribution in [2.24, 2.45) is 0 Å². The molecule has 4 heteroatoms. The molecular formula is C10H11NO3. The molecule has 1 aromatic rings. The summed E-state index contributed by atoms with van der Waals surface area (Å²) in [5.74, 6) is -0.292. The van der Waals surface area contributed by atoms with Gasteiger partial charge in [0.1, 0.15) is 5.75 Å². The lowest BCUT2D eigenvalue weighted by Crippen LogP contribution is -2.42. The van der Waals surface area contributed by atoms with Crippen LogP contribution in [-0.2, 0) is 4.79 Å². The molecule has 0 aromatic heterocycles. The number of likely N-dealkylation sites (N-methyl/N-ethyl adjacent to an activating group) is 1. The molecule has 0 fully saturated rings. The van der Waals surface area contributed by atoms with Crippen LogP contribution in [0.25, 0.3) is 0 Å². The molecule has 0 saturated carbocycles. The Hall–Kier alpha value is -1.71. The van der Waals surface area contributed by atoms with Crippen molar-refractivity contribution in [2.45, 2.75) is 6.10 Å². The third kappa shape index (κ3) is 1.39. The minimum absolute atomic E-state index is 0.381. The van der Waals surface area contributed by atoms with Gasteiger partial charge in [0.2, 0.25) is 6.10 Å². The minimum Gasteiger partial charge on any atom is -0.478 e. The minimum atomic E-state index is -0.925. The van der Waals surface area contributed by atoms with Gasteiger partial charge in [-0.25, -0.2) is 4.79 Å². The number of carbonyl (C=O) groups is 1. The van der Waals surface area contributed by atoms with Gasteiger partial charge in [-0.3, -0.25) is 0 Å². The number of hydrogen-bond donors (Lipinski definition) is 1. The molecule has 74 valence electrons. The lowest BCUT2D eigenvalue weighted by atomic mass is 10.2. The first kappa shape index (κ1) is 8.87. The highest BCUT2D eigenvalue weighted by atomic mass is 16.5. The topological polar surface area (TPSA) is 49.8 Å². The van der Waals surface area contributed by atoms with E-state index in [-0.39, 0.29) is 0 Å². The van der Waals surface area contributed by atoms with Crippen LogP contribution in [0.1, 0.15) is 0 Å². The van der Waals surface area contributed by atoms with Gasteiger partial charge in [-0.15, -0.1) is 0 Å². The highest BCUT2D eigenvalue weighted by Gasteiger charge is 2.28. The van der Waals surface area contributed by atoms with Gasteiger partial charge >= 0.3 is 5.97 Å². The van der Waals surface area contributed by atoms with Crippen LogP contribution in [-0.4, -0.2) is 30.8 Å². The molecule has 14 heavy (non-hydrogen) atoms. The fourth-order valence-corrected chi connectivity index (χ4v) is 1.54. The van der Waals surface area contributed by atoms with Gasteiger partial charge in [0.05, 0.1) is 12.2 Å². The molecule has 1 aliphatic rings. The van der Waals surface area contributed by atoms with Crippen LogP contribution >= 0.6 is 0 Å². The first-order chi connectivity index (χ1) is 6.68. The van der Waals surface area contributed by atoms with E-state index in [9.17, 15) is 4.79 Å². The van der Waals surface area contributed by atoms with Crippen LogP contribution in [0.3, 0.4) is 0 Å². The van der Waals surface area contributed by atoms with Gasteiger partial charge in [-0.2, -0.15) is 0 Å². The molecule has 0 amide bonds. The number of anilines is 1. The van der Waals surface area contributed by atoms with Crippen molar-refractivity contribution >= 4 is 11.7 Å². The molecule has 4 nitrogen and oxygen atoms in total. The quantitative estimate of drug-likeness (QED) is 0.722. The van der Waals surface area contributed by atoms with E-state index < -0.39 is 12.1 Å². The Kier molecular flexibility index (Phi) is 2.04. The van der Waals surface area contributed by atoms with Gasteiger partial charge in [0.15, 0.2) is 0 Å². The molecule has 0 aliphatic carbocycles. The maximum absolute atomic E-state index is 10.8. The Morgan fingerprint density at radius 2 is 2.29 bits per heavy atom. The van der Waals surface area contributed by atoms with Crippen LogP contribution < -0.4 is 9.64 Å². The number of nitrogens with zero attached hydrogens (tertiary/aromatic N) is 1. The van der Waals surface area contributed by atoms with Crippen molar-refractivity contribution in [1.82, 2.24) is 0 Å².